The predicted octanol–water partition coefficient (Wildman–Crippen LogP) is 2.51. The highest BCUT2D eigenvalue weighted by Crippen LogP contribution is 2.61. The Balaban J connectivity index is 1.20. The minimum absolute atomic E-state index is 0.00360. The first kappa shape index (κ1) is 14.7. The molecule has 1 N–H and O–H groups in total. The van der Waals surface area contributed by atoms with Crippen molar-refractivity contribution in [3.63, 3.8) is 0 Å². The van der Waals surface area contributed by atoms with Crippen LogP contribution in [0.25, 0.3) is 0 Å². The van der Waals surface area contributed by atoms with Gasteiger partial charge in [0.15, 0.2) is 11.5 Å². The van der Waals surface area contributed by atoms with E-state index in [4.69, 9.17) is 9.47 Å². The summed E-state index contributed by atoms with van der Waals surface area (Å²) < 4.78 is 11.6. The summed E-state index contributed by atoms with van der Waals surface area (Å²) in [6, 6.07) is 7.76. The molecular formula is C18H24N2O3. The molecule has 0 aromatic heterocycles. The number of benzene rings is 1. The number of para-hydroxylation sites is 2. The number of carbonyl (C=O) groups is 1. The Morgan fingerprint density at radius 1 is 1.26 bits per heavy atom. The lowest BCUT2D eigenvalue weighted by Gasteiger charge is -2.27. The number of carbonyl (C=O) groups excluding carboxylic acids is 1. The molecule has 0 radical (unpaired) electrons. The topological polar surface area (TPSA) is 50.8 Å². The summed E-state index contributed by atoms with van der Waals surface area (Å²) in [6.07, 6.45) is 0.753. The number of fused-ring (bicyclic) bond motifs is 2. The van der Waals surface area contributed by atoms with Gasteiger partial charge in [0.25, 0.3) is 0 Å². The number of amides is 2. The first-order chi connectivity index (χ1) is 11.1. The van der Waals surface area contributed by atoms with Gasteiger partial charge in [-0.25, -0.2) is 4.79 Å². The second kappa shape index (κ2) is 5.32. The molecule has 4 rings (SSSR count). The molecule has 1 aromatic carbocycles. The monoisotopic (exact) mass is 316 g/mol. The van der Waals surface area contributed by atoms with Crippen molar-refractivity contribution in [2.75, 3.05) is 26.2 Å². The van der Waals surface area contributed by atoms with Gasteiger partial charge in [-0.15, -0.1) is 0 Å². The number of urea groups is 1. The number of nitrogens with one attached hydrogen (secondary N) is 1. The van der Waals surface area contributed by atoms with Crippen LogP contribution in [0.4, 0.5) is 4.79 Å². The van der Waals surface area contributed by atoms with Gasteiger partial charge in [-0.3, -0.25) is 0 Å². The van der Waals surface area contributed by atoms with Gasteiger partial charge < -0.3 is 19.7 Å². The van der Waals surface area contributed by atoms with Crippen LogP contribution in [0.1, 0.15) is 20.3 Å². The molecule has 2 amide bonds. The van der Waals surface area contributed by atoms with Crippen molar-refractivity contribution in [3.8, 4) is 11.5 Å². The molecule has 1 saturated carbocycles. The molecule has 1 saturated heterocycles. The largest absolute Gasteiger partial charge is 0.486 e. The second-order valence-electron chi connectivity index (χ2n) is 7.46. The lowest BCUT2D eigenvalue weighted by atomic mass is 10.1. The summed E-state index contributed by atoms with van der Waals surface area (Å²) in [5.41, 5.74) is 0.442. The van der Waals surface area contributed by atoms with Crippen LogP contribution >= 0.6 is 0 Å². The summed E-state index contributed by atoms with van der Waals surface area (Å²) in [6.45, 7) is 7.56. The maximum Gasteiger partial charge on any atom is 0.317 e. The third-order valence-corrected chi connectivity index (χ3v) is 5.72. The second-order valence-corrected chi connectivity index (χ2v) is 7.46. The van der Waals surface area contributed by atoms with Crippen LogP contribution in [-0.2, 0) is 0 Å². The van der Waals surface area contributed by atoms with Gasteiger partial charge in [0.05, 0.1) is 0 Å². The van der Waals surface area contributed by atoms with Gasteiger partial charge in [-0.1, -0.05) is 26.0 Å². The smallest absolute Gasteiger partial charge is 0.317 e. The fourth-order valence-electron chi connectivity index (χ4n) is 3.95. The van der Waals surface area contributed by atoms with E-state index in [0.717, 1.165) is 31.0 Å². The van der Waals surface area contributed by atoms with E-state index in [1.807, 2.05) is 29.2 Å². The number of hydrogen-bond acceptors (Lipinski definition) is 3. The molecule has 5 heteroatoms. The Bertz CT molecular complexity index is 602. The Kier molecular flexibility index (Phi) is 3.39. The Morgan fingerprint density at radius 3 is 2.70 bits per heavy atom. The van der Waals surface area contributed by atoms with Gasteiger partial charge in [-0.2, -0.15) is 0 Å². The van der Waals surface area contributed by atoms with Crippen molar-refractivity contribution in [1.29, 1.82) is 0 Å². The van der Waals surface area contributed by atoms with Crippen molar-refractivity contribution in [2.24, 2.45) is 17.3 Å². The van der Waals surface area contributed by atoms with Crippen LogP contribution in [0.2, 0.25) is 0 Å². The van der Waals surface area contributed by atoms with Crippen LogP contribution in [0.15, 0.2) is 24.3 Å². The van der Waals surface area contributed by atoms with Crippen LogP contribution in [0, 0.1) is 17.3 Å². The lowest BCUT2D eigenvalue weighted by Crippen LogP contribution is -2.42. The van der Waals surface area contributed by atoms with Crippen LogP contribution in [0.5, 0.6) is 11.5 Å². The van der Waals surface area contributed by atoms with E-state index < -0.39 is 0 Å². The van der Waals surface area contributed by atoms with E-state index in [-0.39, 0.29) is 12.1 Å². The fourth-order valence-corrected chi connectivity index (χ4v) is 3.95. The highest BCUT2D eigenvalue weighted by atomic mass is 16.6. The highest BCUT2D eigenvalue weighted by molar-refractivity contribution is 5.74. The maximum absolute atomic E-state index is 12.2. The summed E-state index contributed by atoms with van der Waals surface area (Å²) in [7, 11) is 0. The zero-order valence-electron chi connectivity index (χ0n) is 13.7. The van der Waals surface area contributed by atoms with Gasteiger partial charge in [-0.05, 0) is 29.4 Å². The van der Waals surface area contributed by atoms with Gasteiger partial charge in [0.2, 0.25) is 0 Å². The third-order valence-electron chi connectivity index (χ3n) is 5.72. The van der Waals surface area contributed by atoms with E-state index >= 15 is 0 Å². The third kappa shape index (κ3) is 2.62. The SMILES string of the molecule is CC1(C)C2CN(C(=O)NCCC3COc4ccccc4O3)CC21. The molecule has 5 nitrogen and oxygen atoms in total. The molecule has 2 heterocycles. The summed E-state index contributed by atoms with van der Waals surface area (Å²) in [5, 5.41) is 3.02. The van der Waals surface area contributed by atoms with E-state index in [9.17, 15) is 4.79 Å². The molecule has 3 unspecified atom stereocenters. The average molecular weight is 316 g/mol. The minimum Gasteiger partial charge on any atom is -0.486 e. The first-order valence-corrected chi connectivity index (χ1v) is 8.47. The lowest BCUT2D eigenvalue weighted by molar-refractivity contribution is 0.0849. The van der Waals surface area contributed by atoms with E-state index in [2.05, 4.69) is 19.2 Å². The van der Waals surface area contributed by atoms with Crippen molar-refractivity contribution in [1.82, 2.24) is 10.2 Å². The summed E-state index contributed by atoms with van der Waals surface area (Å²) in [5.74, 6) is 2.98. The number of piperidine rings is 1. The number of nitrogens with zero attached hydrogens (tertiary/aromatic N) is 1. The Labute approximate surface area is 136 Å². The molecule has 23 heavy (non-hydrogen) atoms. The molecule has 2 fully saturated rings. The standard InChI is InChI=1S/C18H24N2O3/c1-18(2)13-9-20(10-14(13)18)17(21)19-8-7-12-11-22-15-5-3-4-6-16(15)23-12/h3-6,12-14H,7-11H2,1-2H3,(H,19,21). The highest BCUT2D eigenvalue weighted by Gasteiger charge is 2.62. The predicted molar refractivity (Wildman–Crippen MR) is 86.7 cm³/mol. The van der Waals surface area contributed by atoms with Crippen molar-refractivity contribution >= 4 is 6.03 Å². The van der Waals surface area contributed by atoms with Crippen LogP contribution < -0.4 is 14.8 Å². The maximum atomic E-state index is 12.2. The van der Waals surface area contributed by atoms with E-state index in [0.29, 0.717) is 30.4 Å². The molecule has 0 spiro atoms. The molecular weight excluding hydrogens is 292 g/mol. The quantitative estimate of drug-likeness (QED) is 0.932. The molecule has 3 atom stereocenters. The number of likely N-dealkylation sites (tertiary alicyclic amines) is 1. The van der Waals surface area contributed by atoms with E-state index in [1.165, 1.54) is 0 Å². The van der Waals surface area contributed by atoms with Crippen molar-refractivity contribution in [3.05, 3.63) is 24.3 Å². The van der Waals surface area contributed by atoms with Gasteiger partial charge >= 0.3 is 6.03 Å². The molecule has 124 valence electrons. The van der Waals surface area contributed by atoms with Crippen LogP contribution in [0.3, 0.4) is 0 Å². The molecule has 1 aromatic rings. The Hall–Kier alpha value is -1.91. The number of ether oxygens (including phenoxy) is 2. The first-order valence-electron chi connectivity index (χ1n) is 8.47. The van der Waals surface area contributed by atoms with Crippen molar-refractivity contribution < 1.29 is 14.3 Å². The zero-order chi connectivity index (χ0) is 16.0. The number of rotatable bonds is 3. The zero-order valence-corrected chi connectivity index (χ0v) is 13.7. The molecule has 0 bridgehead atoms. The van der Waals surface area contributed by atoms with Crippen molar-refractivity contribution in [2.45, 2.75) is 26.4 Å². The normalized spacial score (nSPS) is 29.8. The minimum atomic E-state index is -0.00360. The summed E-state index contributed by atoms with van der Waals surface area (Å²) in [4.78, 5) is 14.2. The van der Waals surface area contributed by atoms with E-state index in [1.54, 1.807) is 0 Å². The van der Waals surface area contributed by atoms with Gasteiger partial charge in [0, 0.05) is 26.1 Å². The van der Waals surface area contributed by atoms with Crippen LogP contribution in [-0.4, -0.2) is 43.3 Å². The fraction of sp³-hybridized carbons (Fsp3) is 0.611. The summed E-state index contributed by atoms with van der Waals surface area (Å²) >= 11 is 0. The average Bonchev–Trinajstić information content (AvgIpc) is 2.92. The number of hydrogen-bond donors (Lipinski definition) is 1. The molecule has 2 aliphatic heterocycles. The van der Waals surface area contributed by atoms with Gasteiger partial charge in [0.1, 0.15) is 12.7 Å². The molecule has 1 aliphatic carbocycles. The Morgan fingerprint density at radius 2 is 1.96 bits per heavy atom. The molecule has 3 aliphatic rings.